The molecule has 0 aromatic heterocycles. The van der Waals surface area contributed by atoms with Crippen molar-refractivity contribution in [2.75, 3.05) is 26.2 Å². The first-order chi connectivity index (χ1) is 11.4. The van der Waals surface area contributed by atoms with E-state index in [2.05, 4.69) is 24.1 Å². The first-order valence-corrected chi connectivity index (χ1v) is 9.44. The number of rotatable bonds is 5. The molecule has 1 saturated heterocycles. The van der Waals surface area contributed by atoms with E-state index in [-0.39, 0.29) is 17.4 Å². The van der Waals surface area contributed by atoms with Crippen LogP contribution in [0.4, 0.5) is 0 Å². The second-order valence-electron chi connectivity index (χ2n) is 7.71. The van der Waals surface area contributed by atoms with E-state index in [9.17, 15) is 9.90 Å². The number of nitrogens with zero attached hydrogens (tertiary/aromatic N) is 2. The van der Waals surface area contributed by atoms with Gasteiger partial charge < -0.3 is 21.1 Å². The van der Waals surface area contributed by atoms with Crippen LogP contribution in [0.3, 0.4) is 0 Å². The van der Waals surface area contributed by atoms with E-state index < -0.39 is 0 Å². The molecule has 2 aliphatic rings. The van der Waals surface area contributed by atoms with Gasteiger partial charge in [0.2, 0.25) is 5.91 Å². The van der Waals surface area contributed by atoms with E-state index in [4.69, 9.17) is 10.7 Å². The largest absolute Gasteiger partial charge is 0.392 e. The Balaban J connectivity index is 2.03. The SMILES string of the molecule is CCNC(=NCC1(C)CCCCC1O)N1CCCC(CC(N)=O)C1. The number of aliphatic hydroxyl groups is 1. The van der Waals surface area contributed by atoms with Crippen LogP contribution < -0.4 is 11.1 Å². The normalized spacial score (nSPS) is 31.8. The molecule has 6 heteroatoms. The Labute approximate surface area is 145 Å². The lowest BCUT2D eigenvalue weighted by atomic mass is 9.73. The number of nitrogens with one attached hydrogen (secondary N) is 1. The van der Waals surface area contributed by atoms with Crippen LogP contribution in [0.2, 0.25) is 0 Å². The zero-order valence-electron chi connectivity index (χ0n) is 15.3. The molecule has 1 aliphatic heterocycles. The van der Waals surface area contributed by atoms with Crippen molar-refractivity contribution in [3.63, 3.8) is 0 Å². The minimum absolute atomic E-state index is 0.124. The third-order valence-corrected chi connectivity index (χ3v) is 5.51. The summed E-state index contributed by atoms with van der Waals surface area (Å²) in [4.78, 5) is 18.3. The number of hydrogen-bond donors (Lipinski definition) is 3. The number of carbonyl (C=O) groups excluding carboxylic acids is 1. The summed E-state index contributed by atoms with van der Waals surface area (Å²) in [6.45, 7) is 7.46. The number of likely N-dealkylation sites (tertiary alicyclic amines) is 1. The van der Waals surface area contributed by atoms with E-state index in [1.807, 2.05) is 0 Å². The molecule has 1 saturated carbocycles. The zero-order valence-corrected chi connectivity index (χ0v) is 15.3. The Morgan fingerprint density at radius 2 is 2.17 bits per heavy atom. The number of hydrogen-bond acceptors (Lipinski definition) is 3. The molecule has 138 valence electrons. The third kappa shape index (κ3) is 5.10. The van der Waals surface area contributed by atoms with Gasteiger partial charge in [-0.1, -0.05) is 19.8 Å². The zero-order chi connectivity index (χ0) is 17.6. The highest BCUT2D eigenvalue weighted by Crippen LogP contribution is 2.36. The maximum atomic E-state index is 11.2. The number of carbonyl (C=O) groups is 1. The average molecular weight is 338 g/mol. The molecule has 1 aliphatic carbocycles. The van der Waals surface area contributed by atoms with E-state index in [0.29, 0.717) is 18.9 Å². The summed E-state index contributed by atoms with van der Waals surface area (Å²) < 4.78 is 0. The van der Waals surface area contributed by atoms with Crippen molar-refractivity contribution in [2.45, 2.75) is 64.9 Å². The summed E-state index contributed by atoms with van der Waals surface area (Å²) in [6, 6.07) is 0. The van der Waals surface area contributed by atoms with Gasteiger partial charge in [-0.05, 0) is 38.5 Å². The van der Waals surface area contributed by atoms with Gasteiger partial charge >= 0.3 is 0 Å². The van der Waals surface area contributed by atoms with Gasteiger partial charge in [0, 0.05) is 31.5 Å². The lowest BCUT2D eigenvalue weighted by Crippen LogP contribution is -2.48. The van der Waals surface area contributed by atoms with Crippen LogP contribution in [-0.2, 0) is 4.79 Å². The Kier molecular flexibility index (Phi) is 6.90. The number of nitrogens with two attached hydrogens (primary N) is 1. The fraction of sp³-hybridized carbons (Fsp3) is 0.889. The fourth-order valence-corrected chi connectivity index (χ4v) is 3.96. The first-order valence-electron chi connectivity index (χ1n) is 9.44. The Morgan fingerprint density at radius 3 is 2.83 bits per heavy atom. The molecule has 1 heterocycles. The lowest BCUT2D eigenvalue weighted by molar-refractivity contribution is -0.119. The van der Waals surface area contributed by atoms with Crippen LogP contribution in [-0.4, -0.2) is 54.2 Å². The molecule has 0 radical (unpaired) electrons. The predicted octanol–water partition coefficient (Wildman–Crippen LogP) is 1.48. The molecule has 4 N–H and O–H groups in total. The van der Waals surface area contributed by atoms with E-state index in [1.165, 1.54) is 6.42 Å². The summed E-state index contributed by atoms with van der Waals surface area (Å²) in [5, 5.41) is 13.7. The molecule has 2 rings (SSSR count). The Bertz CT molecular complexity index is 454. The number of aliphatic hydroxyl groups excluding tert-OH is 1. The fourth-order valence-electron chi connectivity index (χ4n) is 3.96. The summed E-state index contributed by atoms with van der Waals surface area (Å²) in [7, 11) is 0. The molecule has 1 amide bonds. The molecule has 24 heavy (non-hydrogen) atoms. The monoisotopic (exact) mass is 338 g/mol. The minimum Gasteiger partial charge on any atom is -0.392 e. The summed E-state index contributed by atoms with van der Waals surface area (Å²) in [5.74, 6) is 1.00. The number of amides is 1. The molecule has 0 aromatic rings. The maximum absolute atomic E-state index is 11.2. The minimum atomic E-state index is -0.262. The predicted molar refractivity (Wildman–Crippen MR) is 96.7 cm³/mol. The van der Waals surface area contributed by atoms with Crippen LogP contribution in [0.1, 0.15) is 58.8 Å². The van der Waals surface area contributed by atoms with Crippen LogP contribution >= 0.6 is 0 Å². The number of guanidine groups is 1. The molecular formula is C18H34N4O2. The van der Waals surface area contributed by atoms with Gasteiger partial charge in [0.1, 0.15) is 0 Å². The molecule has 3 atom stereocenters. The van der Waals surface area contributed by atoms with Crippen LogP contribution in [0.25, 0.3) is 0 Å². The summed E-state index contributed by atoms with van der Waals surface area (Å²) in [6.07, 6.45) is 6.49. The van der Waals surface area contributed by atoms with Crippen molar-refractivity contribution in [1.29, 1.82) is 0 Å². The van der Waals surface area contributed by atoms with Gasteiger partial charge in [-0.25, -0.2) is 0 Å². The van der Waals surface area contributed by atoms with Gasteiger partial charge in [0.05, 0.1) is 12.6 Å². The topological polar surface area (TPSA) is 91.0 Å². The molecular weight excluding hydrogens is 304 g/mol. The smallest absolute Gasteiger partial charge is 0.217 e. The quantitative estimate of drug-likeness (QED) is 0.523. The van der Waals surface area contributed by atoms with Crippen molar-refractivity contribution in [1.82, 2.24) is 10.2 Å². The Morgan fingerprint density at radius 1 is 1.38 bits per heavy atom. The van der Waals surface area contributed by atoms with E-state index in [0.717, 1.165) is 57.7 Å². The molecule has 0 aromatic carbocycles. The highest BCUT2D eigenvalue weighted by Gasteiger charge is 2.35. The van der Waals surface area contributed by atoms with Crippen molar-refractivity contribution in [3.8, 4) is 0 Å². The molecule has 6 nitrogen and oxygen atoms in total. The average Bonchev–Trinajstić information content (AvgIpc) is 2.54. The van der Waals surface area contributed by atoms with Gasteiger partial charge in [-0.2, -0.15) is 0 Å². The van der Waals surface area contributed by atoms with Crippen molar-refractivity contribution < 1.29 is 9.90 Å². The molecule has 0 bridgehead atoms. The number of piperidine rings is 1. The van der Waals surface area contributed by atoms with Crippen LogP contribution in [0.15, 0.2) is 4.99 Å². The summed E-state index contributed by atoms with van der Waals surface area (Å²) in [5.41, 5.74) is 5.24. The van der Waals surface area contributed by atoms with Crippen molar-refractivity contribution >= 4 is 11.9 Å². The van der Waals surface area contributed by atoms with E-state index >= 15 is 0 Å². The highest BCUT2D eigenvalue weighted by molar-refractivity contribution is 5.80. The summed E-state index contributed by atoms with van der Waals surface area (Å²) >= 11 is 0. The third-order valence-electron chi connectivity index (χ3n) is 5.51. The highest BCUT2D eigenvalue weighted by atomic mass is 16.3. The molecule has 3 unspecified atom stereocenters. The molecule has 2 fully saturated rings. The second-order valence-corrected chi connectivity index (χ2v) is 7.71. The standard InChI is InChI=1S/C18H34N4O2/c1-3-20-17(21-13-18(2)9-5-4-8-15(18)23)22-10-6-7-14(12-22)11-16(19)24/h14-15,23H,3-13H2,1-2H3,(H2,19,24)(H,20,21). The van der Waals surface area contributed by atoms with Crippen molar-refractivity contribution in [2.24, 2.45) is 22.1 Å². The van der Waals surface area contributed by atoms with Crippen LogP contribution in [0.5, 0.6) is 0 Å². The van der Waals surface area contributed by atoms with Gasteiger partial charge in [0.15, 0.2) is 5.96 Å². The number of primary amides is 1. The van der Waals surface area contributed by atoms with Crippen LogP contribution in [0, 0.1) is 11.3 Å². The molecule has 0 spiro atoms. The first kappa shape index (κ1) is 19.0. The lowest BCUT2D eigenvalue weighted by Gasteiger charge is -2.38. The van der Waals surface area contributed by atoms with Gasteiger partial charge in [-0.15, -0.1) is 0 Å². The van der Waals surface area contributed by atoms with Gasteiger partial charge in [-0.3, -0.25) is 9.79 Å². The van der Waals surface area contributed by atoms with Crippen molar-refractivity contribution in [3.05, 3.63) is 0 Å². The Hall–Kier alpha value is -1.30. The van der Waals surface area contributed by atoms with Gasteiger partial charge in [0.25, 0.3) is 0 Å². The maximum Gasteiger partial charge on any atom is 0.217 e. The number of aliphatic imine (C=N–C) groups is 1. The second kappa shape index (κ2) is 8.70. The van der Waals surface area contributed by atoms with E-state index in [1.54, 1.807) is 0 Å².